The van der Waals surface area contributed by atoms with Gasteiger partial charge in [-0.15, -0.1) is 0 Å². The lowest BCUT2D eigenvalue weighted by molar-refractivity contribution is -0.145. The molecule has 2 atom stereocenters. The van der Waals surface area contributed by atoms with Crippen molar-refractivity contribution in [3.8, 4) is 0 Å². The van der Waals surface area contributed by atoms with Gasteiger partial charge in [-0.3, -0.25) is 14.6 Å². The highest BCUT2D eigenvalue weighted by Crippen LogP contribution is 2.14. The molecule has 0 saturated carbocycles. The minimum absolute atomic E-state index is 0.161. The number of methoxy groups -OCH3 is 1. The van der Waals surface area contributed by atoms with Gasteiger partial charge in [-0.2, -0.15) is 0 Å². The van der Waals surface area contributed by atoms with Gasteiger partial charge in [0.05, 0.1) is 12.6 Å². The van der Waals surface area contributed by atoms with Crippen LogP contribution >= 0.6 is 0 Å². The topological polar surface area (TPSA) is 97.4 Å². The lowest BCUT2D eigenvalue weighted by atomic mass is 10.1. The summed E-state index contributed by atoms with van der Waals surface area (Å²) in [6.07, 6.45) is 0.948. The molecule has 1 aromatic heterocycles. The number of rotatable bonds is 5. The van der Waals surface area contributed by atoms with Crippen LogP contribution < -0.4 is 10.6 Å². The van der Waals surface area contributed by atoms with Crippen LogP contribution in [-0.4, -0.2) is 42.0 Å². The van der Waals surface area contributed by atoms with Gasteiger partial charge in [0.25, 0.3) is 0 Å². The van der Waals surface area contributed by atoms with E-state index in [2.05, 4.69) is 15.6 Å². The fourth-order valence-electron chi connectivity index (χ4n) is 2.85. The van der Waals surface area contributed by atoms with Gasteiger partial charge in [0.15, 0.2) is 0 Å². The third-order valence-electron chi connectivity index (χ3n) is 4.18. The lowest BCUT2D eigenvalue weighted by Gasteiger charge is -2.19. The maximum atomic E-state index is 12.3. The zero-order valence-electron chi connectivity index (χ0n) is 13.8. The highest BCUT2D eigenvalue weighted by molar-refractivity contribution is 5.93. The number of nitrogens with zero attached hydrogens (tertiary/aromatic N) is 1. The van der Waals surface area contributed by atoms with E-state index < -0.39 is 18.1 Å². The maximum absolute atomic E-state index is 12.3. The van der Waals surface area contributed by atoms with Crippen molar-refractivity contribution in [3.05, 3.63) is 42.1 Å². The van der Waals surface area contributed by atoms with Crippen molar-refractivity contribution >= 4 is 28.7 Å². The number of carbonyl (C=O) groups is 3. The monoisotopic (exact) mass is 341 g/mol. The molecule has 0 unspecified atom stereocenters. The van der Waals surface area contributed by atoms with Crippen LogP contribution in [0.5, 0.6) is 0 Å². The molecule has 130 valence electrons. The number of amides is 2. The van der Waals surface area contributed by atoms with E-state index in [-0.39, 0.29) is 18.2 Å². The van der Waals surface area contributed by atoms with E-state index >= 15 is 0 Å². The van der Waals surface area contributed by atoms with E-state index in [4.69, 9.17) is 4.74 Å². The standard InChI is InChI=1S/C18H19N3O4/c1-25-18(24)15(21-17(23)14-8-9-16(22)20-14)10-12-7-6-11-4-2-3-5-13(11)19-12/h2-7,14-15H,8-10H2,1H3,(H,20,22)(H,21,23)/t14-,15-/m0/s1. The Morgan fingerprint density at radius 2 is 2.12 bits per heavy atom. The predicted octanol–water partition coefficient (Wildman–Crippen LogP) is 0.714. The van der Waals surface area contributed by atoms with Gasteiger partial charge in [-0.05, 0) is 18.6 Å². The van der Waals surface area contributed by atoms with Crippen LogP contribution in [0, 0.1) is 0 Å². The van der Waals surface area contributed by atoms with Crippen LogP contribution in [0.15, 0.2) is 36.4 Å². The number of nitrogens with one attached hydrogen (secondary N) is 2. The van der Waals surface area contributed by atoms with Crippen LogP contribution in [0.2, 0.25) is 0 Å². The summed E-state index contributed by atoms with van der Waals surface area (Å²) in [5, 5.41) is 6.24. The van der Waals surface area contributed by atoms with Crippen molar-refractivity contribution in [2.24, 2.45) is 0 Å². The minimum Gasteiger partial charge on any atom is -0.467 e. The quantitative estimate of drug-likeness (QED) is 0.781. The summed E-state index contributed by atoms with van der Waals surface area (Å²) < 4.78 is 4.79. The van der Waals surface area contributed by atoms with E-state index in [9.17, 15) is 14.4 Å². The van der Waals surface area contributed by atoms with E-state index in [1.54, 1.807) is 0 Å². The molecule has 0 bridgehead atoms. The molecule has 7 heteroatoms. The third kappa shape index (κ3) is 3.93. The fraction of sp³-hybridized carbons (Fsp3) is 0.333. The van der Waals surface area contributed by atoms with Gasteiger partial charge >= 0.3 is 5.97 Å². The number of hydrogen-bond acceptors (Lipinski definition) is 5. The van der Waals surface area contributed by atoms with E-state index in [0.717, 1.165) is 10.9 Å². The Morgan fingerprint density at radius 3 is 2.84 bits per heavy atom. The van der Waals surface area contributed by atoms with Gasteiger partial charge in [0.1, 0.15) is 12.1 Å². The van der Waals surface area contributed by atoms with Crippen molar-refractivity contribution in [2.45, 2.75) is 31.3 Å². The minimum atomic E-state index is -0.858. The number of benzene rings is 1. The van der Waals surface area contributed by atoms with Gasteiger partial charge < -0.3 is 15.4 Å². The number of ether oxygens (including phenoxy) is 1. The first-order valence-electron chi connectivity index (χ1n) is 8.09. The Hall–Kier alpha value is -2.96. The Kier molecular flexibility index (Phi) is 4.92. The third-order valence-corrected chi connectivity index (χ3v) is 4.18. The molecular weight excluding hydrogens is 322 g/mol. The van der Waals surface area contributed by atoms with Crippen molar-refractivity contribution in [3.63, 3.8) is 0 Å². The van der Waals surface area contributed by atoms with Crippen LogP contribution in [0.25, 0.3) is 10.9 Å². The molecular formula is C18H19N3O4. The van der Waals surface area contributed by atoms with Crippen LogP contribution in [0.3, 0.4) is 0 Å². The lowest BCUT2D eigenvalue weighted by Crippen LogP contribution is -2.50. The molecule has 1 saturated heterocycles. The SMILES string of the molecule is COC(=O)[C@H](Cc1ccc2ccccc2n1)NC(=O)[C@@H]1CCC(=O)N1. The zero-order valence-corrected chi connectivity index (χ0v) is 13.8. The van der Waals surface area contributed by atoms with Crippen molar-refractivity contribution < 1.29 is 19.1 Å². The Morgan fingerprint density at radius 1 is 1.32 bits per heavy atom. The Balaban J connectivity index is 1.74. The number of pyridine rings is 1. The molecule has 2 N–H and O–H groups in total. The largest absolute Gasteiger partial charge is 0.467 e. The summed E-state index contributed by atoms with van der Waals surface area (Å²) >= 11 is 0. The van der Waals surface area contributed by atoms with Gasteiger partial charge in [-0.25, -0.2) is 4.79 Å². The zero-order chi connectivity index (χ0) is 17.8. The molecule has 2 amide bonds. The highest BCUT2D eigenvalue weighted by Gasteiger charge is 2.31. The summed E-state index contributed by atoms with van der Waals surface area (Å²) in [7, 11) is 1.27. The number of fused-ring (bicyclic) bond motifs is 1. The second-order valence-corrected chi connectivity index (χ2v) is 5.94. The van der Waals surface area contributed by atoms with Crippen LogP contribution in [0.4, 0.5) is 0 Å². The molecule has 7 nitrogen and oxygen atoms in total. The van der Waals surface area contributed by atoms with Crippen LogP contribution in [-0.2, 0) is 25.5 Å². The number of esters is 1. The number of para-hydroxylation sites is 1. The average Bonchev–Trinajstić information content (AvgIpc) is 3.07. The summed E-state index contributed by atoms with van der Waals surface area (Å²) in [6, 6.07) is 9.94. The second kappa shape index (κ2) is 7.29. The molecule has 0 aliphatic carbocycles. The Labute approximate surface area is 144 Å². The summed E-state index contributed by atoms with van der Waals surface area (Å²) in [6.45, 7) is 0. The number of aromatic nitrogens is 1. The first kappa shape index (κ1) is 16.9. The Bertz CT molecular complexity index is 821. The highest BCUT2D eigenvalue weighted by atomic mass is 16.5. The molecule has 2 aromatic rings. The van der Waals surface area contributed by atoms with E-state index in [0.29, 0.717) is 18.5 Å². The summed E-state index contributed by atoms with van der Waals surface area (Å²) in [5.74, 6) is -1.10. The van der Waals surface area contributed by atoms with Gasteiger partial charge in [0, 0.05) is 23.9 Å². The van der Waals surface area contributed by atoms with Gasteiger partial charge in [0.2, 0.25) is 11.8 Å². The molecule has 1 aromatic carbocycles. The molecule has 0 radical (unpaired) electrons. The summed E-state index contributed by atoms with van der Waals surface area (Å²) in [4.78, 5) is 40.1. The molecule has 25 heavy (non-hydrogen) atoms. The van der Waals surface area contributed by atoms with Crippen molar-refractivity contribution in [1.29, 1.82) is 0 Å². The van der Waals surface area contributed by atoms with Crippen molar-refractivity contribution in [1.82, 2.24) is 15.6 Å². The molecule has 1 fully saturated rings. The molecule has 2 heterocycles. The van der Waals surface area contributed by atoms with E-state index in [1.807, 2.05) is 36.4 Å². The van der Waals surface area contributed by atoms with Crippen molar-refractivity contribution in [2.75, 3.05) is 7.11 Å². The fourth-order valence-corrected chi connectivity index (χ4v) is 2.85. The predicted molar refractivity (Wildman–Crippen MR) is 90.6 cm³/mol. The molecule has 3 rings (SSSR count). The van der Waals surface area contributed by atoms with Gasteiger partial charge in [-0.1, -0.05) is 24.3 Å². The number of hydrogen-bond donors (Lipinski definition) is 2. The van der Waals surface area contributed by atoms with Crippen LogP contribution in [0.1, 0.15) is 18.5 Å². The number of carbonyl (C=O) groups excluding carboxylic acids is 3. The maximum Gasteiger partial charge on any atom is 0.328 e. The van der Waals surface area contributed by atoms with E-state index in [1.165, 1.54) is 7.11 Å². The first-order chi connectivity index (χ1) is 12.1. The summed E-state index contributed by atoms with van der Waals surface area (Å²) in [5.41, 5.74) is 1.49. The molecule has 0 spiro atoms. The average molecular weight is 341 g/mol. The normalized spacial score (nSPS) is 17.8. The molecule has 1 aliphatic rings. The first-order valence-corrected chi connectivity index (χ1v) is 8.09. The smallest absolute Gasteiger partial charge is 0.328 e. The second-order valence-electron chi connectivity index (χ2n) is 5.94. The molecule has 1 aliphatic heterocycles.